The van der Waals surface area contributed by atoms with Crippen molar-refractivity contribution < 1.29 is 19.4 Å². The summed E-state index contributed by atoms with van der Waals surface area (Å²) in [6.45, 7) is 7.45. The first-order chi connectivity index (χ1) is 14.3. The van der Waals surface area contributed by atoms with E-state index in [1.165, 1.54) is 13.8 Å². The lowest BCUT2D eigenvalue weighted by atomic mass is 9.99. The first-order valence-corrected chi connectivity index (χ1v) is 9.74. The largest absolute Gasteiger partial charge is 0.478 e. The minimum Gasteiger partial charge on any atom is -0.478 e. The Labute approximate surface area is 176 Å². The summed E-state index contributed by atoms with van der Waals surface area (Å²) in [5, 5.41) is 14.1. The Morgan fingerprint density at radius 3 is 2.37 bits per heavy atom. The number of carbonyl (C=O) groups is 2. The molecule has 1 amide bonds. The number of benzene rings is 3. The number of carbonyl (C=O) groups excluding carboxylic acids is 1. The van der Waals surface area contributed by atoms with Gasteiger partial charge in [0.15, 0.2) is 5.60 Å². The van der Waals surface area contributed by atoms with Gasteiger partial charge < -0.3 is 15.2 Å². The Hall–Kier alpha value is -3.60. The van der Waals surface area contributed by atoms with Crippen LogP contribution in [0.5, 0.6) is 5.75 Å². The van der Waals surface area contributed by atoms with E-state index in [1.807, 2.05) is 54.6 Å². The van der Waals surface area contributed by atoms with Crippen molar-refractivity contribution in [1.82, 2.24) is 5.32 Å². The van der Waals surface area contributed by atoms with Gasteiger partial charge in [-0.2, -0.15) is 0 Å². The van der Waals surface area contributed by atoms with E-state index in [1.54, 1.807) is 12.1 Å². The predicted octanol–water partition coefficient (Wildman–Crippen LogP) is 4.45. The number of hydrogen-bond acceptors (Lipinski definition) is 3. The zero-order valence-corrected chi connectivity index (χ0v) is 17.1. The van der Waals surface area contributed by atoms with Gasteiger partial charge in [0.25, 0.3) is 5.91 Å². The molecule has 3 rings (SSSR count). The highest BCUT2D eigenvalue weighted by Crippen LogP contribution is 2.24. The lowest BCUT2D eigenvalue weighted by Gasteiger charge is -2.21. The van der Waals surface area contributed by atoms with E-state index in [0.29, 0.717) is 24.3 Å². The minimum absolute atomic E-state index is 0.200. The van der Waals surface area contributed by atoms with Gasteiger partial charge in [0, 0.05) is 12.1 Å². The van der Waals surface area contributed by atoms with Gasteiger partial charge >= 0.3 is 5.97 Å². The lowest BCUT2D eigenvalue weighted by molar-refractivity contribution is -0.152. The molecule has 154 valence electrons. The fraction of sp³-hybridized carbons (Fsp3) is 0.200. The molecular formula is C25H25NO4. The third-order valence-corrected chi connectivity index (χ3v) is 4.90. The molecule has 5 heteroatoms. The molecule has 0 aromatic heterocycles. The fourth-order valence-electron chi connectivity index (χ4n) is 3.10. The molecule has 0 radical (unpaired) electrons. The van der Waals surface area contributed by atoms with Gasteiger partial charge in [0.05, 0.1) is 0 Å². The SMILES string of the molecule is C=C(C(=O)NCCc1ccc(OC(C)(C)C(=O)O)cc1)c1cccc2ccccc12. The van der Waals surface area contributed by atoms with Crippen LogP contribution in [0.25, 0.3) is 16.3 Å². The number of amides is 1. The molecule has 0 heterocycles. The standard InChI is InChI=1S/C25H25NO4/c1-17(21-10-6-8-19-7-4-5-9-22(19)21)23(27)26-16-15-18-11-13-20(14-12-18)30-25(2,3)24(28)29/h4-14H,1,15-16H2,2-3H3,(H,26,27)(H,28,29). The van der Waals surface area contributed by atoms with Crippen molar-refractivity contribution in [2.24, 2.45) is 0 Å². The molecule has 0 unspecified atom stereocenters. The van der Waals surface area contributed by atoms with Crippen LogP contribution in [0.15, 0.2) is 73.3 Å². The predicted molar refractivity (Wildman–Crippen MR) is 118 cm³/mol. The average molecular weight is 403 g/mol. The van der Waals surface area contributed by atoms with Crippen LogP contribution in [0.3, 0.4) is 0 Å². The normalized spacial score (nSPS) is 11.1. The Bertz CT molecular complexity index is 1080. The zero-order chi connectivity index (χ0) is 21.7. The lowest BCUT2D eigenvalue weighted by Crippen LogP contribution is -2.37. The van der Waals surface area contributed by atoms with E-state index >= 15 is 0 Å². The monoisotopic (exact) mass is 403 g/mol. The summed E-state index contributed by atoms with van der Waals surface area (Å²) < 4.78 is 5.50. The molecule has 0 aliphatic carbocycles. The Balaban J connectivity index is 1.56. The maximum absolute atomic E-state index is 12.6. The van der Waals surface area contributed by atoms with Gasteiger partial charge in [0.1, 0.15) is 5.75 Å². The molecule has 5 nitrogen and oxygen atoms in total. The number of aliphatic carboxylic acids is 1. The number of ether oxygens (including phenoxy) is 1. The van der Waals surface area contributed by atoms with Crippen molar-refractivity contribution in [2.45, 2.75) is 25.9 Å². The molecule has 3 aromatic rings. The van der Waals surface area contributed by atoms with Crippen LogP contribution in [0.1, 0.15) is 25.0 Å². The summed E-state index contributed by atoms with van der Waals surface area (Å²) in [4.78, 5) is 23.7. The number of carboxylic acid groups (broad SMARTS) is 1. The van der Waals surface area contributed by atoms with E-state index in [9.17, 15) is 9.59 Å². The number of carboxylic acids is 1. The van der Waals surface area contributed by atoms with Crippen LogP contribution in [0.4, 0.5) is 0 Å². The van der Waals surface area contributed by atoms with Gasteiger partial charge in [-0.15, -0.1) is 0 Å². The van der Waals surface area contributed by atoms with Crippen molar-refractivity contribution in [2.75, 3.05) is 6.54 Å². The number of rotatable bonds is 8. The topological polar surface area (TPSA) is 75.6 Å². The second kappa shape index (κ2) is 8.82. The summed E-state index contributed by atoms with van der Waals surface area (Å²) in [5.41, 5.74) is 0.975. The van der Waals surface area contributed by atoms with E-state index in [2.05, 4.69) is 11.9 Å². The molecule has 0 saturated carbocycles. The number of hydrogen-bond donors (Lipinski definition) is 2. The molecule has 0 aliphatic heterocycles. The number of fused-ring (bicyclic) bond motifs is 1. The highest BCUT2D eigenvalue weighted by Gasteiger charge is 2.29. The highest BCUT2D eigenvalue weighted by molar-refractivity contribution is 6.22. The van der Waals surface area contributed by atoms with Crippen molar-refractivity contribution >= 4 is 28.2 Å². The molecule has 0 atom stereocenters. The summed E-state index contributed by atoms with van der Waals surface area (Å²) in [6.07, 6.45) is 0.636. The van der Waals surface area contributed by atoms with Gasteiger partial charge in [0.2, 0.25) is 0 Å². The quantitative estimate of drug-likeness (QED) is 0.545. The molecule has 2 N–H and O–H groups in total. The number of nitrogens with one attached hydrogen (secondary N) is 1. The maximum atomic E-state index is 12.6. The highest BCUT2D eigenvalue weighted by atomic mass is 16.5. The minimum atomic E-state index is -1.29. The Morgan fingerprint density at radius 2 is 1.67 bits per heavy atom. The molecule has 0 bridgehead atoms. The molecule has 0 spiro atoms. The molecule has 30 heavy (non-hydrogen) atoms. The Morgan fingerprint density at radius 1 is 1.00 bits per heavy atom. The van der Waals surface area contributed by atoms with Crippen molar-refractivity contribution in [3.8, 4) is 5.75 Å². The molecule has 3 aromatic carbocycles. The first kappa shape index (κ1) is 21.1. The van der Waals surface area contributed by atoms with E-state index in [0.717, 1.165) is 21.9 Å². The molecule has 0 saturated heterocycles. The summed E-state index contributed by atoms with van der Waals surface area (Å²) in [6, 6.07) is 20.9. The van der Waals surface area contributed by atoms with Crippen molar-refractivity contribution in [3.05, 3.63) is 84.4 Å². The fourth-order valence-corrected chi connectivity index (χ4v) is 3.10. The Kier molecular flexibility index (Phi) is 6.21. The van der Waals surface area contributed by atoms with Crippen LogP contribution in [0.2, 0.25) is 0 Å². The van der Waals surface area contributed by atoms with Gasteiger partial charge in [-0.05, 0) is 54.3 Å². The van der Waals surface area contributed by atoms with Crippen molar-refractivity contribution in [1.29, 1.82) is 0 Å². The molecular weight excluding hydrogens is 378 g/mol. The van der Waals surface area contributed by atoms with E-state index in [-0.39, 0.29) is 5.91 Å². The van der Waals surface area contributed by atoms with Crippen LogP contribution >= 0.6 is 0 Å². The van der Waals surface area contributed by atoms with E-state index in [4.69, 9.17) is 9.84 Å². The average Bonchev–Trinajstić information content (AvgIpc) is 2.73. The van der Waals surface area contributed by atoms with Crippen LogP contribution in [0, 0.1) is 0 Å². The van der Waals surface area contributed by atoms with Crippen LogP contribution in [-0.4, -0.2) is 29.1 Å². The zero-order valence-electron chi connectivity index (χ0n) is 17.1. The summed E-state index contributed by atoms with van der Waals surface area (Å²) >= 11 is 0. The summed E-state index contributed by atoms with van der Waals surface area (Å²) in [7, 11) is 0. The van der Waals surface area contributed by atoms with Gasteiger partial charge in [-0.3, -0.25) is 4.79 Å². The van der Waals surface area contributed by atoms with Gasteiger partial charge in [-0.25, -0.2) is 4.79 Å². The molecule has 0 aliphatic rings. The van der Waals surface area contributed by atoms with E-state index < -0.39 is 11.6 Å². The smallest absolute Gasteiger partial charge is 0.347 e. The van der Waals surface area contributed by atoms with Gasteiger partial charge in [-0.1, -0.05) is 61.2 Å². The third kappa shape index (κ3) is 4.87. The van der Waals surface area contributed by atoms with Crippen LogP contribution < -0.4 is 10.1 Å². The maximum Gasteiger partial charge on any atom is 0.347 e. The molecule has 0 fully saturated rings. The second-order valence-corrected chi connectivity index (χ2v) is 7.57. The third-order valence-electron chi connectivity index (χ3n) is 4.90. The first-order valence-electron chi connectivity index (χ1n) is 9.74. The second-order valence-electron chi connectivity index (χ2n) is 7.57. The summed E-state index contributed by atoms with van der Waals surface area (Å²) in [5.74, 6) is -0.741. The van der Waals surface area contributed by atoms with Crippen LogP contribution in [-0.2, 0) is 16.0 Å². The van der Waals surface area contributed by atoms with Crippen molar-refractivity contribution in [3.63, 3.8) is 0 Å².